The summed E-state index contributed by atoms with van der Waals surface area (Å²) in [6.45, 7) is 17.2. The van der Waals surface area contributed by atoms with Gasteiger partial charge in [0.05, 0.1) is 0 Å². The maximum absolute atomic E-state index is 2.79. The Morgan fingerprint density at radius 3 is 2.17 bits per heavy atom. The van der Waals surface area contributed by atoms with Crippen molar-refractivity contribution in [1.82, 2.24) is 19.6 Å². The fraction of sp³-hybridized carbons (Fsp3) is 1.00. The molecule has 0 aliphatic carbocycles. The van der Waals surface area contributed by atoms with E-state index in [2.05, 4.69) is 54.3 Å². The molecule has 3 aliphatic heterocycles. The average Bonchev–Trinajstić information content (AvgIpc) is 2.76. The largest absolute Gasteiger partial charge is 0.304 e. The van der Waals surface area contributed by atoms with Gasteiger partial charge < -0.3 is 9.80 Å². The standard InChI is InChI=1S/C19H38N4/c1-15(2)23-18-6-7-19(23)14-21(13-18)9-8-16(3)22-11-10-20(5)12-17(22)4/h15-19H,6-14H2,1-5H3. The normalized spacial score (nSPS) is 36.0. The van der Waals surface area contributed by atoms with E-state index >= 15 is 0 Å². The molecule has 3 heterocycles. The predicted octanol–water partition coefficient (Wildman–Crippen LogP) is 1.96. The minimum Gasteiger partial charge on any atom is -0.304 e. The van der Waals surface area contributed by atoms with Crippen LogP contribution in [-0.4, -0.2) is 96.1 Å². The van der Waals surface area contributed by atoms with Gasteiger partial charge in [0, 0.05) is 62.9 Å². The van der Waals surface area contributed by atoms with Crippen LogP contribution in [0.5, 0.6) is 0 Å². The Morgan fingerprint density at radius 2 is 1.61 bits per heavy atom. The van der Waals surface area contributed by atoms with Gasteiger partial charge >= 0.3 is 0 Å². The van der Waals surface area contributed by atoms with E-state index in [-0.39, 0.29) is 0 Å². The minimum absolute atomic E-state index is 0.706. The third kappa shape index (κ3) is 3.92. The fourth-order valence-electron chi connectivity index (χ4n) is 5.39. The number of hydrogen-bond acceptors (Lipinski definition) is 4. The molecular weight excluding hydrogens is 284 g/mol. The molecule has 3 saturated heterocycles. The van der Waals surface area contributed by atoms with E-state index in [0.717, 1.165) is 24.2 Å². The summed E-state index contributed by atoms with van der Waals surface area (Å²) in [5, 5.41) is 0. The second kappa shape index (κ2) is 7.38. The molecule has 0 amide bonds. The van der Waals surface area contributed by atoms with Crippen molar-refractivity contribution in [3.63, 3.8) is 0 Å². The monoisotopic (exact) mass is 322 g/mol. The molecule has 0 spiro atoms. The van der Waals surface area contributed by atoms with Crippen LogP contribution in [-0.2, 0) is 0 Å². The van der Waals surface area contributed by atoms with Gasteiger partial charge in [0.25, 0.3) is 0 Å². The van der Waals surface area contributed by atoms with Crippen molar-refractivity contribution in [2.24, 2.45) is 0 Å². The van der Waals surface area contributed by atoms with E-state index in [1.165, 1.54) is 58.5 Å². The molecule has 3 aliphatic rings. The van der Waals surface area contributed by atoms with Crippen molar-refractivity contribution in [1.29, 1.82) is 0 Å². The van der Waals surface area contributed by atoms with Crippen LogP contribution in [0.2, 0.25) is 0 Å². The van der Waals surface area contributed by atoms with Gasteiger partial charge in [-0.2, -0.15) is 0 Å². The zero-order valence-corrected chi connectivity index (χ0v) is 16.0. The van der Waals surface area contributed by atoms with E-state index in [4.69, 9.17) is 0 Å². The molecule has 23 heavy (non-hydrogen) atoms. The average molecular weight is 323 g/mol. The molecule has 3 fully saturated rings. The predicted molar refractivity (Wildman–Crippen MR) is 98.0 cm³/mol. The summed E-state index contributed by atoms with van der Waals surface area (Å²) in [7, 11) is 2.25. The van der Waals surface area contributed by atoms with Crippen LogP contribution in [0.1, 0.15) is 47.0 Å². The lowest BCUT2D eigenvalue weighted by molar-refractivity contribution is 0.0295. The number of likely N-dealkylation sites (N-methyl/N-ethyl adjacent to an activating group) is 1. The summed E-state index contributed by atoms with van der Waals surface area (Å²) in [5.41, 5.74) is 0. The van der Waals surface area contributed by atoms with Crippen LogP contribution in [0.4, 0.5) is 0 Å². The van der Waals surface area contributed by atoms with E-state index in [0.29, 0.717) is 6.04 Å². The van der Waals surface area contributed by atoms with Gasteiger partial charge in [-0.1, -0.05) is 0 Å². The quantitative estimate of drug-likeness (QED) is 0.767. The van der Waals surface area contributed by atoms with Gasteiger partial charge in [-0.25, -0.2) is 0 Å². The van der Waals surface area contributed by atoms with Crippen molar-refractivity contribution < 1.29 is 0 Å². The highest BCUT2D eigenvalue weighted by Crippen LogP contribution is 2.32. The van der Waals surface area contributed by atoms with Crippen molar-refractivity contribution in [3.05, 3.63) is 0 Å². The van der Waals surface area contributed by atoms with Crippen molar-refractivity contribution in [3.8, 4) is 0 Å². The van der Waals surface area contributed by atoms with E-state index < -0.39 is 0 Å². The Hall–Kier alpha value is -0.160. The molecule has 3 rings (SSSR count). The number of likely N-dealkylation sites (tertiary alicyclic amines) is 1. The van der Waals surface area contributed by atoms with E-state index in [1.807, 2.05) is 0 Å². The van der Waals surface area contributed by atoms with Gasteiger partial charge in [0.15, 0.2) is 0 Å². The van der Waals surface area contributed by atoms with Gasteiger partial charge in [-0.15, -0.1) is 0 Å². The number of fused-ring (bicyclic) bond motifs is 2. The van der Waals surface area contributed by atoms with Gasteiger partial charge in [-0.3, -0.25) is 9.80 Å². The topological polar surface area (TPSA) is 13.0 Å². The second-order valence-corrected chi connectivity index (χ2v) is 8.67. The molecule has 0 aromatic carbocycles. The molecule has 4 heteroatoms. The minimum atomic E-state index is 0.706. The maximum Gasteiger partial charge on any atom is 0.0229 e. The van der Waals surface area contributed by atoms with E-state index in [1.54, 1.807) is 0 Å². The summed E-state index contributed by atoms with van der Waals surface area (Å²) >= 11 is 0. The first kappa shape index (κ1) is 17.7. The first-order chi connectivity index (χ1) is 11.0. The zero-order valence-electron chi connectivity index (χ0n) is 16.0. The lowest BCUT2D eigenvalue weighted by atomic mass is 10.1. The molecule has 0 aromatic rings. The fourth-order valence-corrected chi connectivity index (χ4v) is 5.39. The van der Waals surface area contributed by atoms with Crippen molar-refractivity contribution in [2.45, 2.75) is 77.2 Å². The van der Waals surface area contributed by atoms with Gasteiger partial charge in [0.2, 0.25) is 0 Å². The summed E-state index contributed by atoms with van der Waals surface area (Å²) in [6.07, 6.45) is 4.17. The Kier molecular flexibility index (Phi) is 5.67. The lowest BCUT2D eigenvalue weighted by Gasteiger charge is -2.45. The number of piperazine rings is 2. The first-order valence-corrected chi connectivity index (χ1v) is 9.89. The second-order valence-electron chi connectivity index (χ2n) is 8.67. The molecule has 4 nitrogen and oxygen atoms in total. The molecule has 134 valence electrons. The maximum atomic E-state index is 2.79. The van der Waals surface area contributed by atoms with Crippen molar-refractivity contribution >= 4 is 0 Å². The van der Waals surface area contributed by atoms with Crippen LogP contribution in [0, 0.1) is 0 Å². The Morgan fingerprint density at radius 1 is 0.957 bits per heavy atom. The molecule has 4 atom stereocenters. The smallest absolute Gasteiger partial charge is 0.0229 e. The third-order valence-electron chi connectivity index (χ3n) is 6.52. The third-order valence-corrected chi connectivity index (χ3v) is 6.52. The van der Waals surface area contributed by atoms with Crippen LogP contribution < -0.4 is 0 Å². The Bertz CT molecular complexity index is 372. The van der Waals surface area contributed by atoms with E-state index in [9.17, 15) is 0 Å². The SMILES string of the molecule is CC(CCN1CC2CCC(C1)N2C(C)C)N1CCN(C)CC1C. The van der Waals surface area contributed by atoms with Crippen molar-refractivity contribution in [2.75, 3.05) is 46.3 Å². The van der Waals surface area contributed by atoms with Crippen LogP contribution in [0.25, 0.3) is 0 Å². The first-order valence-electron chi connectivity index (χ1n) is 9.89. The summed E-state index contributed by atoms with van der Waals surface area (Å²) < 4.78 is 0. The molecule has 0 aromatic heterocycles. The highest BCUT2D eigenvalue weighted by molar-refractivity contribution is 4.97. The Balaban J connectivity index is 1.46. The van der Waals surface area contributed by atoms with Crippen LogP contribution in [0.3, 0.4) is 0 Å². The van der Waals surface area contributed by atoms with Crippen LogP contribution >= 0.6 is 0 Å². The molecular formula is C19H38N4. The molecule has 4 unspecified atom stereocenters. The molecule has 0 N–H and O–H groups in total. The molecule has 2 bridgehead atoms. The lowest BCUT2D eigenvalue weighted by Crippen LogP contribution is -2.57. The number of hydrogen-bond donors (Lipinski definition) is 0. The highest BCUT2D eigenvalue weighted by atomic mass is 15.3. The molecule has 0 saturated carbocycles. The van der Waals surface area contributed by atoms with Gasteiger partial charge in [-0.05, 0) is 60.5 Å². The zero-order chi connectivity index (χ0) is 16.6. The molecule has 0 radical (unpaired) electrons. The number of nitrogens with zero attached hydrogens (tertiary/aromatic N) is 4. The summed E-state index contributed by atoms with van der Waals surface area (Å²) in [6, 6.07) is 3.80. The summed E-state index contributed by atoms with van der Waals surface area (Å²) in [5.74, 6) is 0. The van der Waals surface area contributed by atoms with Crippen LogP contribution in [0.15, 0.2) is 0 Å². The Labute approximate surface area is 143 Å². The highest BCUT2D eigenvalue weighted by Gasteiger charge is 2.40. The van der Waals surface area contributed by atoms with Gasteiger partial charge in [0.1, 0.15) is 0 Å². The number of rotatable bonds is 5. The summed E-state index contributed by atoms with van der Waals surface area (Å²) in [4.78, 5) is 10.8.